The standard InChI is InChI=1S/C51H72BrN7O8S/c1-12-41(60)37-19-16-22-58(37)46(64)39(26-33-17-14-13-15-18-33)57(11)45(63)36(23-30(2)3)54-49(67)51(9)29-68-43(55-51)38-24-31(4)28-59(38)47(65)40(27-34-20-21-42(61)35(52)25-34)56(10)44(62)32(5)53-48(66)50(6,7)8/h13-15,17-18,20-21,25,30-32,36-40,61H,12,16,19,22-24,26-29H2,1-11H3,(H,53,66)(H,54,67)/t31-,32-,36+,37-,38-,39-,40+,51-/m0/s1. The van der Waals surface area contributed by atoms with Crippen molar-refractivity contribution in [3.63, 3.8) is 0 Å². The van der Waals surface area contributed by atoms with Crippen molar-refractivity contribution in [3.8, 4) is 5.75 Å². The highest BCUT2D eigenvalue weighted by atomic mass is 79.9. The highest BCUT2D eigenvalue weighted by Crippen LogP contribution is 2.37. The lowest BCUT2D eigenvalue weighted by atomic mass is 9.95. The van der Waals surface area contributed by atoms with Gasteiger partial charge in [0.1, 0.15) is 35.5 Å². The summed E-state index contributed by atoms with van der Waals surface area (Å²) in [4.78, 5) is 110. The number of hydrogen-bond donors (Lipinski definition) is 3. The first-order valence-electron chi connectivity index (χ1n) is 23.9. The van der Waals surface area contributed by atoms with E-state index in [4.69, 9.17) is 4.99 Å². The predicted octanol–water partition coefficient (Wildman–Crippen LogP) is 5.79. The van der Waals surface area contributed by atoms with Crippen molar-refractivity contribution < 1.29 is 38.7 Å². The van der Waals surface area contributed by atoms with Gasteiger partial charge in [-0.05, 0) is 90.6 Å². The molecule has 2 aromatic rings. The molecule has 3 aliphatic rings. The molecule has 17 heteroatoms. The molecule has 0 bridgehead atoms. The van der Waals surface area contributed by atoms with Crippen LogP contribution in [0.3, 0.4) is 0 Å². The maximum Gasteiger partial charge on any atom is 0.249 e. The summed E-state index contributed by atoms with van der Waals surface area (Å²) in [5.74, 6) is -1.91. The molecule has 3 aliphatic heterocycles. The van der Waals surface area contributed by atoms with E-state index in [1.54, 1.807) is 77.6 Å². The first-order chi connectivity index (χ1) is 31.9. The van der Waals surface area contributed by atoms with Crippen LogP contribution in [0.4, 0.5) is 0 Å². The van der Waals surface area contributed by atoms with Gasteiger partial charge in [-0.15, -0.1) is 11.8 Å². The zero-order valence-electron chi connectivity index (χ0n) is 41.6. The van der Waals surface area contributed by atoms with Crippen molar-refractivity contribution in [1.82, 2.24) is 30.2 Å². The van der Waals surface area contributed by atoms with Crippen molar-refractivity contribution >= 4 is 74.0 Å². The number of phenols is 1. The molecular weight excluding hydrogens is 951 g/mol. The van der Waals surface area contributed by atoms with E-state index in [0.29, 0.717) is 60.3 Å². The molecule has 2 aromatic carbocycles. The molecule has 0 radical (unpaired) electrons. The van der Waals surface area contributed by atoms with E-state index in [0.717, 1.165) is 5.56 Å². The summed E-state index contributed by atoms with van der Waals surface area (Å²) in [5.41, 5.74) is -0.496. The summed E-state index contributed by atoms with van der Waals surface area (Å²) in [6.45, 7) is 17.1. The maximum atomic E-state index is 15.0. The van der Waals surface area contributed by atoms with Crippen LogP contribution in [-0.2, 0) is 46.4 Å². The molecule has 0 spiro atoms. The topological polar surface area (TPSA) is 189 Å². The average Bonchev–Trinajstić information content (AvgIpc) is 4.05. The van der Waals surface area contributed by atoms with Crippen molar-refractivity contribution in [2.24, 2.45) is 22.2 Å². The quantitative estimate of drug-likeness (QED) is 0.166. The van der Waals surface area contributed by atoms with Gasteiger partial charge in [-0.3, -0.25) is 38.6 Å². The summed E-state index contributed by atoms with van der Waals surface area (Å²) >= 11 is 4.76. The number of phenolic OH excluding ortho intramolecular Hbond substituents is 1. The summed E-state index contributed by atoms with van der Waals surface area (Å²) in [5, 5.41) is 16.7. The van der Waals surface area contributed by atoms with Crippen molar-refractivity contribution in [2.75, 3.05) is 32.9 Å². The Morgan fingerprint density at radius 1 is 0.912 bits per heavy atom. The van der Waals surface area contributed by atoms with Gasteiger partial charge in [-0.2, -0.15) is 0 Å². The van der Waals surface area contributed by atoms with E-state index < -0.39 is 64.9 Å². The summed E-state index contributed by atoms with van der Waals surface area (Å²) in [6.07, 6.45) is 2.80. The van der Waals surface area contributed by atoms with Crippen LogP contribution in [0.15, 0.2) is 58.0 Å². The smallest absolute Gasteiger partial charge is 0.249 e. The molecule has 3 heterocycles. The number of carbonyl (C=O) groups is 7. The van der Waals surface area contributed by atoms with Crippen LogP contribution in [0.1, 0.15) is 106 Å². The first kappa shape index (κ1) is 54.2. The van der Waals surface area contributed by atoms with Crippen molar-refractivity contribution in [2.45, 2.75) is 149 Å². The molecule has 6 amide bonds. The van der Waals surface area contributed by atoms with E-state index in [9.17, 15) is 38.7 Å². The zero-order chi connectivity index (χ0) is 50.4. The number of halogens is 1. The summed E-state index contributed by atoms with van der Waals surface area (Å²) in [6, 6.07) is 9.52. The normalized spacial score (nSPS) is 22.2. The number of benzene rings is 2. The average molecular weight is 1020 g/mol. The number of nitrogens with one attached hydrogen (secondary N) is 2. The Balaban J connectivity index is 1.40. The molecule has 15 nitrogen and oxygen atoms in total. The Labute approximate surface area is 415 Å². The van der Waals surface area contributed by atoms with Crippen LogP contribution in [0.25, 0.3) is 0 Å². The minimum Gasteiger partial charge on any atom is -0.507 e. The van der Waals surface area contributed by atoms with Gasteiger partial charge in [0.05, 0.1) is 21.6 Å². The van der Waals surface area contributed by atoms with Crippen LogP contribution in [0.2, 0.25) is 0 Å². The molecule has 0 saturated carbocycles. The largest absolute Gasteiger partial charge is 0.507 e. The molecule has 372 valence electrons. The third-order valence-electron chi connectivity index (χ3n) is 13.3. The van der Waals surface area contributed by atoms with Gasteiger partial charge in [-0.1, -0.05) is 84.9 Å². The van der Waals surface area contributed by atoms with E-state index in [1.165, 1.54) is 27.6 Å². The van der Waals surface area contributed by atoms with Gasteiger partial charge >= 0.3 is 0 Å². The highest BCUT2D eigenvalue weighted by molar-refractivity contribution is 9.10. The Morgan fingerprint density at radius 3 is 2.13 bits per heavy atom. The van der Waals surface area contributed by atoms with Crippen LogP contribution >= 0.6 is 27.7 Å². The molecule has 8 atom stereocenters. The van der Waals surface area contributed by atoms with E-state index in [-0.39, 0.29) is 59.7 Å². The second-order valence-electron chi connectivity index (χ2n) is 20.6. The second-order valence-corrected chi connectivity index (χ2v) is 22.4. The molecule has 0 aliphatic carbocycles. The molecule has 0 unspecified atom stereocenters. The SMILES string of the molecule is CCC(=O)[C@@H]1CCCN1C(=O)[C@H](Cc1ccccc1)N(C)C(=O)[C@@H](CC(C)C)NC(=O)[C@]1(C)CSC([C@@H]2C[C@H](C)CN2C(=O)[C@@H](Cc2ccc(O)c(Br)c2)N(C)C(=O)[C@H](C)NC(=O)C(C)(C)C)=N1. The van der Waals surface area contributed by atoms with Gasteiger partial charge in [0.15, 0.2) is 5.78 Å². The fourth-order valence-corrected chi connectivity index (χ4v) is 10.9. The van der Waals surface area contributed by atoms with Gasteiger partial charge in [-0.25, -0.2) is 0 Å². The second kappa shape index (κ2) is 22.8. The Hall–Kier alpha value is -4.77. The minimum atomic E-state index is -1.30. The molecule has 2 fully saturated rings. The monoisotopic (exact) mass is 1020 g/mol. The number of nitrogens with zero attached hydrogens (tertiary/aromatic N) is 5. The number of ketones is 1. The van der Waals surface area contributed by atoms with Crippen LogP contribution in [0.5, 0.6) is 5.75 Å². The molecule has 0 aromatic heterocycles. The number of hydrogen-bond acceptors (Lipinski definition) is 10. The number of Topliss-reactive ketones (excluding diaryl/α,β-unsaturated/α-hetero) is 1. The molecule has 2 saturated heterocycles. The lowest BCUT2D eigenvalue weighted by Gasteiger charge is -2.36. The third-order valence-corrected chi connectivity index (χ3v) is 15.3. The third kappa shape index (κ3) is 12.9. The van der Waals surface area contributed by atoms with Gasteiger partial charge in [0, 0.05) is 57.6 Å². The predicted molar refractivity (Wildman–Crippen MR) is 269 cm³/mol. The number of thioether (sulfide) groups is 1. The number of amides is 6. The van der Waals surface area contributed by atoms with Gasteiger partial charge < -0.3 is 35.3 Å². The maximum absolute atomic E-state index is 15.0. The van der Waals surface area contributed by atoms with Crippen LogP contribution in [0, 0.1) is 17.3 Å². The number of aromatic hydroxyl groups is 1. The fraction of sp³-hybridized carbons (Fsp3) is 0.608. The number of likely N-dealkylation sites (N-methyl/N-ethyl adjacent to an activating group) is 2. The molecule has 68 heavy (non-hydrogen) atoms. The van der Waals surface area contributed by atoms with E-state index in [1.807, 2.05) is 51.1 Å². The number of likely N-dealkylation sites (tertiary alicyclic amines) is 2. The summed E-state index contributed by atoms with van der Waals surface area (Å²) in [7, 11) is 3.15. The highest BCUT2D eigenvalue weighted by Gasteiger charge is 2.48. The molecule has 5 rings (SSSR count). The van der Waals surface area contributed by atoms with Gasteiger partial charge in [0.2, 0.25) is 35.4 Å². The molecular formula is C51H72BrN7O8S. The minimum absolute atomic E-state index is 0.00572. The van der Waals surface area contributed by atoms with E-state index in [2.05, 4.69) is 26.6 Å². The van der Waals surface area contributed by atoms with Crippen LogP contribution in [-0.4, -0.2) is 146 Å². The lowest BCUT2D eigenvalue weighted by molar-refractivity contribution is -0.148. The van der Waals surface area contributed by atoms with Gasteiger partial charge in [0.25, 0.3) is 0 Å². The number of aliphatic imine (C=N–C) groups is 1. The van der Waals surface area contributed by atoms with Crippen LogP contribution < -0.4 is 10.6 Å². The Morgan fingerprint density at radius 2 is 1.53 bits per heavy atom. The zero-order valence-corrected chi connectivity index (χ0v) is 44.0. The van der Waals surface area contributed by atoms with Crippen molar-refractivity contribution in [3.05, 3.63) is 64.1 Å². The van der Waals surface area contributed by atoms with Crippen molar-refractivity contribution in [1.29, 1.82) is 0 Å². The molecule has 3 N–H and O–H groups in total. The number of carbonyl (C=O) groups excluding carboxylic acids is 7. The Kier molecular flexibility index (Phi) is 18.1. The number of rotatable bonds is 18. The van der Waals surface area contributed by atoms with E-state index >= 15 is 0 Å². The summed E-state index contributed by atoms with van der Waals surface area (Å²) < 4.78 is 0.438. The lowest BCUT2D eigenvalue weighted by Crippen LogP contribution is -2.58. The first-order valence-corrected chi connectivity index (χ1v) is 25.7. The fourth-order valence-electron chi connectivity index (χ4n) is 9.17. The Bertz CT molecular complexity index is 2240.